The second kappa shape index (κ2) is 7.07. The van der Waals surface area contributed by atoms with Crippen LogP contribution in [-0.4, -0.2) is 16.9 Å². The summed E-state index contributed by atoms with van der Waals surface area (Å²) in [4.78, 5) is 12.9. The lowest BCUT2D eigenvalue weighted by Gasteiger charge is -2.31. The van der Waals surface area contributed by atoms with Gasteiger partial charge in [-0.3, -0.25) is 4.79 Å². The summed E-state index contributed by atoms with van der Waals surface area (Å²) in [6, 6.07) is 0.206. The highest BCUT2D eigenvalue weighted by Gasteiger charge is 2.41. The van der Waals surface area contributed by atoms with E-state index in [4.69, 9.17) is 18.0 Å². The van der Waals surface area contributed by atoms with Crippen LogP contribution in [0.4, 0.5) is 0 Å². The van der Waals surface area contributed by atoms with Crippen molar-refractivity contribution < 1.29 is 4.79 Å². The van der Waals surface area contributed by atoms with Crippen LogP contribution in [0, 0.1) is 5.41 Å². The predicted molar refractivity (Wildman–Crippen MR) is 79.4 cm³/mol. The van der Waals surface area contributed by atoms with E-state index in [-0.39, 0.29) is 11.9 Å². The standard InChI is InChI=1S/C14H26N2OS/c1-3-8-11(2)16-13(17)14(12(15)18)9-6-4-5-7-10-14/h11H,3-10H2,1-2H3,(H2,15,18)(H,16,17). The second-order valence-electron chi connectivity index (χ2n) is 5.52. The molecule has 0 bridgehead atoms. The first-order valence-electron chi connectivity index (χ1n) is 7.14. The van der Waals surface area contributed by atoms with Gasteiger partial charge in [0.2, 0.25) is 5.91 Å². The Bertz CT molecular complexity index is 296. The Labute approximate surface area is 116 Å². The Morgan fingerprint density at radius 2 is 1.89 bits per heavy atom. The summed E-state index contributed by atoms with van der Waals surface area (Å²) in [5.74, 6) is 0.0536. The lowest BCUT2D eigenvalue weighted by molar-refractivity contribution is -0.128. The van der Waals surface area contributed by atoms with Crippen LogP contribution in [0.3, 0.4) is 0 Å². The maximum absolute atomic E-state index is 12.5. The Morgan fingerprint density at radius 3 is 2.33 bits per heavy atom. The van der Waals surface area contributed by atoms with Gasteiger partial charge in [0.1, 0.15) is 0 Å². The van der Waals surface area contributed by atoms with Crippen LogP contribution in [0.5, 0.6) is 0 Å². The number of hydrogen-bond donors (Lipinski definition) is 2. The van der Waals surface area contributed by atoms with Gasteiger partial charge in [-0.1, -0.05) is 51.2 Å². The Morgan fingerprint density at radius 1 is 1.33 bits per heavy atom. The summed E-state index contributed by atoms with van der Waals surface area (Å²) >= 11 is 5.20. The number of rotatable bonds is 5. The van der Waals surface area contributed by atoms with Crippen molar-refractivity contribution in [2.24, 2.45) is 11.1 Å². The lowest BCUT2D eigenvalue weighted by atomic mass is 9.79. The van der Waals surface area contributed by atoms with Crippen LogP contribution in [0.15, 0.2) is 0 Å². The van der Waals surface area contributed by atoms with Crippen molar-refractivity contribution in [3.8, 4) is 0 Å². The van der Waals surface area contributed by atoms with Gasteiger partial charge >= 0.3 is 0 Å². The average molecular weight is 270 g/mol. The van der Waals surface area contributed by atoms with Crippen LogP contribution < -0.4 is 11.1 Å². The molecule has 0 aromatic rings. The van der Waals surface area contributed by atoms with Crippen LogP contribution >= 0.6 is 12.2 Å². The molecule has 1 aliphatic carbocycles. The van der Waals surface area contributed by atoms with E-state index in [0.717, 1.165) is 38.5 Å². The summed E-state index contributed by atoms with van der Waals surface area (Å²) in [7, 11) is 0. The molecule has 1 unspecified atom stereocenters. The van der Waals surface area contributed by atoms with Crippen molar-refractivity contribution in [2.45, 2.75) is 71.3 Å². The SMILES string of the molecule is CCCC(C)NC(=O)C1(C(N)=S)CCCCCC1. The molecule has 104 valence electrons. The smallest absolute Gasteiger partial charge is 0.233 e. The molecule has 1 fully saturated rings. The molecular weight excluding hydrogens is 244 g/mol. The fourth-order valence-electron chi connectivity index (χ4n) is 2.78. The van der Waals surface area contributed by atoms with Crippen LogP contribution in [0.25, 0.3) is 0 Å². The lowest BCUT2D eigenvalue weighted by Crippen LogP contribution is -2.50. The molecule has 0 radical (unpaired) electrons. The molecule has 1 atom stereocenters. The molecule has 3 N–H and O–H groups in total. The van der Waals surface area contributed by atoms with Gasteiger partial charge in [-0.15, -0.1) is 0 Å². The fourth-order valence-corrected chi connectivity index (χ4v) is 3.08. The van der Waals surface area contributed by atoms with E-state index >= 15 is 0 Å². The molecule has 0 spiro atoms. The molecule has 1 amide bonds. The van der Waals surface area contributed by atoms with Gasteiger partial charge in [-0.05, 0) is 26.2 Å². The first-order valence-corrected chi connectivity index (χ1v) is 7.54. The van der Waals surface area contributed by atoms with E-state index in [2.05, 4.69) is 12.2 Å². The number of hydrogen-bond acceptors (Lipinski definition) is 2. The van der Waals surface area contributed by atoms with Crippen molar-refractivity contribution in [1.82, 2.24) is 5.32 Å². The molecular formula is C14H26N2OS. The van der Waals surface area contributed by atoms with Crippen molar-refractivity contribution in [2.75, 3.05) is 0 Å². The Balaban J connectivity index is 2.76. The average Bonchev–Trinajstić information content (AvgIpc) is 2.55. The van der Waals surface area contributed by atoms with Crippen molar-refractivity contribution >= 4 is 23.1 Å². The topological polar surface area (TPSA) is 55.1 Å². The quantitative estimate of drug-likeness (QED) is 0.596. The largest absolute Gasteiger partial charge is 0.392 e. The molecule has 0 aliphatic heterocycles. The van der Waals surface area contributed by atoms with Gasteiger partial charge in [0.05, 0.1) is 10.4 Å². The minimum Gasteiger partial charge on any atom is -0.392 e. The molecule has 0 aromatic carbocycles. The first kappa shape index (κ1) is 15.4. The third kappa shape index (κ3) is 3.67. The molecule has 18 heavy (non-hydrogen) atoms. The van der Waals surface area contributed by atoms with Crippen LogP contribution in [-0.2, 0) is 4.79 Å². The normalized spacial score (nSPS) is 20.8. The summed E-state index contributed by atoms with van der Waals surface area (Å²) in [5.41, 5.74) is 5.30. The molecule has 0 aromatic heterocycles. The molecule has 1 aliphatic rings. The van der Waals surface area contributed by atoms with Gasteiger partial charge in [-0.2, -0.15) is 0 Å². The van der Waals surface area contributed by atoms with Gasteiger partial charge in [0.25, 0.3) is 0 Å². The van der Waals surface area contributed by atoms with E-state index in [9.17, 15) is 4.79 Å². The third-order valence-corrected chi connectivity index (χ3v) is 4.35. The van der Waals surface area contributed by atoms with E-state index in [0.29, 0.717) is 4.99 Å². The van der Waals surface area contributed by atoms with Crippen molar-refractivity contribution in [1.29, 1.82) is 0 Å². The highest BCUT2D eigenvalue weighted by molar-refractivity contribution is 7.80. The van der Waals surface area contributed by atoms with Crippen LogP contribution in [0.2, 0.25) is 0 Å². The molecule has 0 heterocycles. The monoisotopic (exact) mass is 270 g/mol. The van der Waals surface area contributed by atoms with Crippen molar-refractivity contribution in [3.63, 3.8) is 0 Å². The number of thiocarbonyl (C=S) groups is 1. The molecule has 1 saturated carbocycles. The van der Waals surface area contributed by atoms with Crippen LogP contribution in [0.1, 0.15) is 65.2 Å². The second-order valence-corrected chi connectivity index (χ2v) is 5.96. The maximum Gasteiger partial charge on any atom is 0.233 e. The number of nitrogens with two attached hydrogens (primary N) is 1. The third-order valence-electron chi connectivity index (χ3n) is 3.96. The number of carbonyl (C=O) groups is 1. The summed E-state index contributed by atoms with van der Waals surface area (Å²) in [6.45, 7) is 4.17. The van der Waals surface area contributed by atoms with Crippen molar-refractivity contribution in [3.05, 3.63) is 0 Å². The summed E-state index contributed by atoms with van der Waals surface area (Å²) < 4.78 is 0. The summed E-state index contributed by atoms with van der Waals surface area (Å²) in [5, 5.41) is 3.09. The summed E-state index contributed by atoms with van der Waals surface area (Å²) in [6.07, 6.45) is 8.16. The zero-order valence-electron chi connectivity index (χ0n) is 11.6. The van der Waals surface area contributed by atoms with Gasteiger partial charge in [0.15, 0.2) is 0 Å². The highest BCUT2D eigenvalue weighted by Crippen LogP contribution is 2.36. The predicted octanol–water partition coefficient (Wildman–Crippen LogP) is 2.92. The van der Waals surface area contributed by atoms with E-state index in [1.54, 1.807) is 0 Å². The van der Waals surface area contributed by atoms with E-state index in [1.807, 2.05) is 6.92 Å². The van der Waals surface area contributed by atoms with Gasteiger partial charge in [-0.25, -0.2) is 0 Å². The first-order chi connectivity index (χ1) is 8.53. The van der Waals surface area contributed by atoms with Gasteiger partial charge < -0.3 is 11.1 Å². The molecule has 4 heteroatoms. The minimum atomic E-state index is -0.589. The minimum absolute atomic E-state index is 0.0536. The number of carbonyl (C=O) groups excluding carboxylic acids is 1. The van der Waals surface area contributed by atoms with E-state index < -0.39 is 5.41 Å². The zero-order valence-corrected chi connectivity index (χ0v) is 12.4. The molecule has 1 rings (SSSR count). The van der Waals surface area contributed by atoms with Gasteiger partial charge in [0, 0.05) is 6.04 Å². The Kier molecular flexibility index (Phi) is 6.06. The molecule has 3 nitrogen and oxygen atoms in total. The maximum atomic E-state index is 12.5. The zero-order chi connectivity index (χ0) is 13.6. The fraction of sp³-hybridized carbons (Fsp3) is 0.857. The number of amides is 1. The highest BCUT2D eigenvalue weighted by atomic mass is 32.1. The number of nitrogens with one attached hydrogen (secondary N) is 1. The Hall–Kier alpha value is -0.640. The molecule has 0 saturated heterocycles. The van der Waals surface area contributed by atoms with E-state index in [1.165, 1.54) is 12.8 Å².